The van der Waals surface area contributed by atoms with Crippen LogP contribution in [0.5, 0.6) is 11.5 Å². The van der Waals surface area contributed by atoms with Crippen LogP contribution in [0, 0.1) is 0 Å². The lowest BCUT2D eigenvalue weighted by Crippen LogP contribution is -2.41. The highest BCUT2D eigenvalue weighted by Crippen LogP contribution is 2.42. The summed E-state index contributed by atoms with van der Waals surface area (Å²) in [5.74, 6) is 1.01. The molecule has 1 fully saturated rings. The van der Waals surface area contributed by atoms with Gasteiger partial charge >= 0.3 is 0 Å². The summed E-state index contributed by atoms with van der Waals surface area (Å²) < 4.78 is 0. The first-order chi connectivity index (χ1) is 10.5. The highest BCUT2D eigenvalue weighted by molar-refractivity contribution is 6.89. The van der Waals surface area contributed by atoms with Crippen LogP contribution in [0.2, 0.25) is 19.1 Å². The maximum Gasteiger partial charge on any atom is 0.122 e. The summed E-state index contributed by atoms with van der Waals surface area (Å²) in [5, 5.41) is 22.1. The van der Waals surface area contributed by atoms with Crippen LogP contribution in [-0.2, 0) is 0 Å². The molecule has 2 nitrogen and oxygen atoms in total. The minimum absolute atomic E-state index is 0.330. The molecule has 22 heavy (non-hydrogen) atoms. The summed E-state index contributed by atoms with van der Waals surface area (Å²) in [4.78, 5) is 0. The average Bonchev–Trinajstić information content (AvgIpc) is 2.97. The fourth-order valence-electron chi connectivity index (χ4n) is 3.78. The van der Waals surface area contributed by atoms with Crippen LogP contribution in [-0.4, -0.2) is 18.3 Å². The molecule has 0 bridgehead atoms. The van der Waals surface area contributed by atoms with Crippen molar-refractivity contribution in [1.29, 1.82) is 0 Å². The molecule has 0 amide bonds. The van der Waals surface area contributed by atoms with Gasteiger partial charge < -0.3 is 10.2 Å². The van der Waals surface area contributed by atoms with E-state index in [-0.39, 0.29) is 0 Å². The molecule has 0 radical (unpaired) electrons. The summed E-state index contributed by atoms with van der Waals surface area (Å²) >= 11 is 0. The molecule has 0 atom stereocenters. The van der Waals surface area contributed by atoms with E-state index in [9.17, 15) is 10.2 Å². The average molecular weight is 321 g/mol. The number of phenolic OH excluding ortho intramolecular Hbond substituents is 2. The van der Waals surface area contributed by atoms with Crippen LogP contribution in [0.3, 0.4) is 0 Å². The van der Waals surface area contributed by atoms with Crippen molar-refractivity contribution in [1.82, 2.24) is 0 Å². The third-order valence-electron chi connectivity index (χ3n) is 5.34. The molecule has 0 saturated heterocycles. The van der Waals surface area contributed by atoms with E-state index in [1.54, 1.807) is 0 Å². The van der Waals surface area contributed by atoms with E-state index >= 15 is 0 Å². The Bertz CT molecular complexity index is 467. The van der Waals surface area contributed by atoms with Crippen molar-refractivity contribution < 1.29 is 10.2 Å². The first-order valence-electron chi connectivity index (χ1n) is 9.02. The van der Waals surface area contributed by atoms with Gasteiger partial charge in [0, 0.05) is 5.56 Å². The van der Waals surface area contributed by atoms with Gasteiger partial charge in [-0.1, -0.05) is 69.8 Å². The van der Waals surface area contributed by atoms with Gasteiger partial charge in [-0.15, -0.1) is 0 Å². The van der Waals surface area contributed by atoms with Gasteiger partial charge in [-0.2, -0.15) is 0 Å². The van der Waals surface area contributed by atoms with Crippen molar-refractivity contribution >= 4 is 13.3 Å². The lowest BCUT2D eigenvalue weighted by molar-refractivity contribution is 0.429. The topological polar surface area (TPSA) is 40.5 Å². The molecule has 1 aromatic rings. The largest absolute Gasteiger partial charge is 0.508 e. The van der Waals surface area contributed by atoms with Crippen molar-refractivity contribution in [2.24, 2.45) is 0 Å². The Morgan fingerprint density at radius 3 is 2.14 bits per heavy atom. The zero-order valence-electron chi connectivity index (χ0n) is 14.5. The Kier molecular flexibility index (Phi) is 5.96. The fraction of sp³-hybridized carbons (Fsp3) is 0.684. The van der Waals surface area contributed by atoms with E-state index in [0.29, 0.717) is 17.4 Å². The summed E-state index contributed by atoms with van der Waals surface area (Å²) in [7, 11) is -1.57. The Labute approximate surface area is 136 Å². The molecule has 0 spiro atoms. The Morgan fingerprint density at radius 1 is 1.00 bits per heavy atom. The second kappa shape index (κ2) is 7.54. The maximum atomic E-state index is 10.5. The zero-order valence-corrected chi connectivity index (χ0v) is 15.5. The van der Waals surface area contributed by atoms with Crippen LogP contribution in [0.25, 0.3) is 0 Å². The summed E-state index contributed by atoms with van der Waals surface area (Å²) in [6.45, 7) is 6.94. The summed E-state index contributed by atoms with van der Waals surface area (Å²) in [6.07, 6.45) is 9.74. The molecule has 1 aliphatic rings. The number of unbranched alkanes of at least 4 members (excludes halogenated alkanes) is 3. The monoisotopic (exact) mass is 320 g/mol. The van der Waals surface area contributed by atoms with Crippen molar-refractivity contribution in [3.63, 3.8) is 0 Å². The van der Waals surface area contributed by atoms with Crippen molar-refractivity contribution in [3.05, 3.63) is 17.7 Å². The summed E-state index contributed by atoms with van der Waals surface area (Å²) in [5.41, 5.74) is 0.803. The van der Waals surface area contributed by atoms with Crippen LogP contribution in [0.4, 0.5) is 0 Å². The minimum Gasteiger partial charge on any atom is -0.508 e. The van der Waals surface area contributed by atoms with Crippen LogP contribution in [0.15, 0.2) is 12.1 Å². The SMILES string of the molecule is CCCCCC[Si](C)(C)c1cc(O)c(C2CCCC2)c(O)c1. The smallest absolute Gasteiger partial charge is 0.122 e. The van der Waals surface area contributed by atoms with Gasteiger partial charge in [-0.05, 0) is 30.9 Å². The van der Waals surface area contributed by atoms with E-state index in [1.165, 1.54) is 49.8 Å². The molecule has 0 unspecified atom stereocenters. The van der Waals surface area contributed by atoms with Gasteiger partial charge in [0.05, 0.1) is 8.07 Å². The molecule has 124 valence electrons. The molecule has 2 rings (SSSR count). The molecule has 2 N–H and O–H groups in total. The number of rotatable bonds is 7. The number of aromatic hydroxyl groups is 2. The second-order valence-corrected chi connectivity index (χ2v) is 12.4. The third-order valence-corrected chi connectivity index (χ3v) is 8.79. The normalized spacial score (nSPS) is 16.3. The van der Waals surface area contributed by atoms with E-state index < -0.39 is 8.07 Å². The van der Waals surface area contributed by atoms with Crippen LogP contribution >= 0.6 is 0 Å². The van der Waals surface area contributed by atoms with Gasteiger partial charge in [0.15, 0.2) is 0 Å². The van der Waals surface area contributed by atoms with Gasteiger partial charge in [0.2, 0.25) is 0 Å². The second-order valence-electron chi connectivity index (χ2n) is 7.60. The Hall–Kier alpha value is -0.963. The molecule has 1 aliphatic carbocycles. The molecule has 3 heteroatoms. The maximum absolute atomic E-state index is 10.5. The van der Waals surface area contributed by atoms with Gasteiger partial charge in [0.1, 0.15) is 11.5 Å². The van der Waals surface area contributed by atoms with Gasteiger partial charge in [0.25, 0.3) is 0 Å². The van der Waals surface area contributed by atoms with Gasteiger partial charge in [-0.25, -0.2) is 0 Å². The molecular weight excluding hydrogens is 288 g/mol. The predicted octanol–water partition coefficient (Wildman–Crippen LogP) is 5.25. The number of benzene rings is 1. The molecule has 1 aromatic carbocycles. The molecule has 0 heterocycles. The fourth-order valence-corrected chi connectivity index (χ4v) is 6.26. The number of hydrogen-bond acceptors (Lipinski definition) is 2. The quantitative estimate of drug-likeness (QED) is 0.532. The highest BCUT2D eigenvalue weighted by atomic mass is 28.3. The van der Waals surface area contributed by atoms with Crippen LogP contribution < -0.4 is 5.19 Å². The van der Waals surface area contributed by atoms with Crippen molar-refractivity contribution in [2.75, 3.05) is 0 Å². The third kappa shape index (κ3) is 4.06. The molecular formula is C19H32O2Si. The molecule has 0 aromatic heterocycles. The number of hydrogen-bond donors (Lipinski definition) is 2. The number of phenols is 2. The van der Waals surface area contributed by atoms with E-state index in [1.807, 2.05) is 12.1 Å². The minimum atomic E-state index is -1.57. The first-order valence-corrected chi connectivity index (χ1v) is 12.2. The Morgan fingerprint density at radius 2 is 1.59 bits per heavy atom. The first kappa shape index (κ1) is 17.4. The zero-order chi connectivity index (χ0) is 16.2. The van der Waals surface area contributed by atoms with Crippen molar-refractivity contribution in [2.45, 2.75) is 83.3 Å². The molecule has 1 saturated carbocycles. The molecule has 0 aliphatic heterocycles. The van der Waals surface area contributed by atoms with Crippen LogP contribution in [0.1, 0.15) is 69.8 Å². The van der Waals surface area contributed by atoms with E-state index in [4.69, 9.17) is 0 Å². The highest BCUT2D eigenvalue weighted by Gasteiger charge is 2.28. The van der Waals surface area contributed by atoms with Gasteiger partial charge in [-0.3, -0.25) is 0 Å². The van der Waals surface area contributed by atoms with E-state index in [0.717, 1.165) is 18.4 Å². The lowest BCUT2D eigenvalue weighted by atomic mass is 9.96. The van der Waals surface area contributed by atoms with E-state index in [2.05, 4.69) is 20.0 Å². The summed E-state index contributed by atoms with van der Waals surface area (Å²) in [6, 6.07) is 5.15. The predicted molar refractivity (Wildman–Crippen MR) is 97.0 cm³/mol. The standard InChI is InChI=1S/C19H32O2Si/c1-4-5-6-9-12-22(2,3)16-13-17(20)19(18(21)14-16)15-10-7-8-11-15/h13-15,20-21H,4-12H2,1-3H3. The Balaban J connectivity index is 2.14. The lowest BCUT2D eigenvalue weighted by Gasteiger charge is -2.25. The van der Waals surface area contributed by atoms with Crippen molar-refractivity contribution in [3.8, 4) is 11.5 Å².